The van der Waals surface area contributed by atoms with Crippen LogP contribution in [0.1, 0.15) is 30.1 Å². The lowest BCUT2D eigenvalue weighted by Crippen LogP contribution is -2.12. The van der Waals surface area contributed by atoms with Crippen LogP contribution in [0.15, 0.2) is 18.2 Å². The van der Waals surface area contributed by atoms with E-state index in [9.17, 15) is 9.59 Å². The second-order valence-electron chi connectivity index (χ2n) is 3.85. The second kappa shape index (κ2) is 7.76. The summed E-state index contributed by atoms with van der Waals surface area (Å²) in [7, 11) is 0. The first-order valence-corrected chi connectivity index (χ1v) is 6.32. The number of rotatable bonds is 7. The van der Waals surface area contributed by atoms with E-state index in [4.69, 9.17) is 21.4 Å². The number of ether oxygens (including phenoxy) is 1. The Labute approximate surface area is 116 Å². The Hall–Kier alpha value is -1.59. The van der Waals surface area contributed by atoms with Crippen LogP contribution in [0.3, 0.4) is 0 Å². The number of carbonyl (C=O) groups is 2. The van der Waals surface area contributed by atoms with Crippen molar-refractivity contribution in [1.82, 2.24) is 0 Å². The number of aromatic carboxylic acids is 1. The molecule has 0 aliphatic rings. The number of nitrogens with one attached hydrogen (secondary N) is 1. The molecule has 0 fully saturated rings. The summed E-state index contributed by atoms with van der Waals surface area (Å²) in [5, 5.41) is 11.6. The van der Waals surface area contributed by atoms with Crippen LogP contribution in [0.25, 0.3) is 0 Å². The molecule has 1 aromatic rings. The molecule has 0 bridgehead atoms. The maximum absolute atomic E-state index is 11.6. The lowest BCUT2D eigenvalue weighted by molar-refractivity contribution is -0.116. The van der Waals surface area contributed by atoms with Crippen molar-refractivity contribution in [2.45, 2.75) is 19.8 Å². The summed E-state index contributed by atoms with van der Waals surface area (Å²) < 4.78 is 5.13. The van der Waals surface area contributed by atoms with Crippen LogP contribution >= 0.6 is 11.6 Å². The summed E-state index contributed by atoms with van der Waals surface area (Å²) in [5.74, 6) is -1.25. The molecule has 0 spiro atoms. The van der Waals surface area contributed by atoms with E-state index in [1.54, 1.807) is 0 Å². The number of hydrogen-bond acceptors (Lipinski definition) is 3. The molecule has 0 radical (unpaired) electrons. The van der Waals surface area contributed by atoms with Gasteiger partial charge in [0.15, 0.2) is 0 Å². The van der Waals surface area contributed by atoms with E-state index in [1.165, 1.54) is 18.2 Å². The van der Waals surface area contributed by atoms with Gasteiger partial charge in [-0.3, -0.25) is 4.79 Å². The van der Waals surface area contributed by atoms with Crippen molar-refractivity contribution in [3.05, 3.63) is 28.8 Å². The zero-order chi connectivity index (χ0) is 14.3. The molecule has 0 saturated carbocycles. The molecule has 0 saturated heterocycles. The van der Waals surface area contributed by atoms with E-state index >= 15 is 0 Å². The first-order valence-electron chi connectivity index (χ1n) is 5.95. The summed E-state index contributed by atoms with van der Waals surface area (Å²) in [4.78, 5) is 22.4. The number of amides is 1. The van der Waals surface area contributed by atoms with Gasteiger partial charge < -0.3 is 15.2 Å². The van der Waals surface area contributed by atoms with Crippen molar-refractivity contribution in [3.63, 3.8) is 0 Å². The van der Waals surface area contributed by atoms with Crippen molar-refractivity contribution in [2.24, 2.45) is 0 Å². The van der Waals surface area contributed by atoms with E-state index < -0.39 is 5.97 Å². The lowest BCUT2D eigenvalue weighted by atomic mass is 10.2. The zero-order valence-electron chi connectivity index (χ0n) is 10.6. The SMILES string of the molecule is CCOCCCC(=O)Nc1ccc(C(=O)O)c(Cl)c1. The Morgan fingerprint density at radius 2 is 2.16 bits per heavy atom. The average molecular weight is 286 g/mol. The van der Waals surface area contributed by atoms with Gasteiger partial charge >= 0.3 is 5.97 Å². The van der Waals surface area contributed by atoms with Crippen molar-refractivity contribution >= 4 is 29.2 Å². The topological polar surface area (TPSA) is 75.6 Å². The fraction of sp³-hybridized carbons (Fsp3) is 0.385. The second-order valence-corrected chi connectivity index (χ2v) is 4.26. The van der Waals surface area contributed by atoms with Crippen LogP contribution in [-0.4, -0.2) is 30.2 Å². The Balaban J connectivity index is 2.51. The minimum Gasteiger partial charge on any atom is -0.478 e. The number of halogens is 1. The van der Waals surface area contributed by atoms with Gasteiger partial charge in [-0.05, 0) is 31.5 Å². The molecular weight excluding hydrogens is 270 g/mol. The van der Waals surface area contributed by atoms with Crippen LogP contribution in [0, 0.1) is 0 Å². The number of benzene rings is 1. The van der Waals surface area contributed by atoms with E-state index in [2.05, 4.69) is 5.32 Å². The third kappa shape index (κ3) is 5.28. The van der Waals surface area contributed by atoms with Gasteiger partial charge in [0.1, 0.15) is 0 Å². The number of carboxylic acids is 1. The Bertz CT molecular complexity index is 462. The van der Waals surface area contributed by atoms with Crippen molar-refractivity contribution in [3.8, 4) is 0 Å². The van der Waals surface area contributed by atoms with Gasteiger partial charge in [0, 0.05) is 25.3 Å². The van der Waals surface area contributed by atoms with Gasteiger partial charge in [0.25, 0.3) is 0 Å². The fourth-order valence-corrected chi connectivity index (χ4v) is 1.73. The molecule has 1 aromatic carbocycles. The zero-order valence-corrected chi connectivity index (χ0v) is 11.4. The maximum Gasteiger partial charge on any atom is 0.337 e. The van der Waals surface area contributed by atoms with E-state index in [0.717, 1.165) is 0 Å². The molecular formula is C13H16ClNO4. The van der Waals surface area contributed by atoms with Crippen LogP contribution in [-0.2, 0) is 9.53 Å². The first kappa shape index (κ1) is 15.5. The van der Waals surface area contributed by atoms with Crippen LogP contribution in [0.2, 0.25) is 5.02 Å². The fourth-order valence-electron chi connectivity index (χ4n) is 1.47. The number of carbonyl (C=O) groups excluding carboxylic acids is 1. The molecule has 0 aliphatic heterocycles. The predicted molar refractivity (Wildman–Crippen MR) is 72.8 cm³/mol. The average Bonchev–Trinajstić information content (AvgIpc) is 2.34. The highest BCUT2D eigenvalue weighted by Crippen LogP contribution is 2.21. The molecule has 1 rings (SSSR count). The molecule has 2 N–H and O–H groups in total. The third-order valence-corrected chi connectivity index (χ3v) is 2.69. The highest BCUT2D eigenvalue weighted by atomic mass is 35.5. The molecule has 6 heteroatoms. The quantitative estimate of drug-likeness (QED) is 0.755. The molecule has 0 heterocycles. The highest BCUT2D eigenvalue weighted by Gasteiger charge is 2.10. The van der Waals surface area contributed by atoms with Crippen molar-refractivity contribution in [2.75, 3.05) is 18.5 Å². The Kier molecular flexibility index (Phi) is 6.32. The van der Waals surface area contributed by atoms with Gasteiger partial charge in [-0.2, -0.15) is 0 Å². The first-order chi connectivity index (χ1) is 9.04. The molecule has 19 heavy (non-hydrogen) atoms. The van der Waals surface area contributed by atoms with Gasteiger partial charge in [0.05, 0.1) is 10.6 Å². The summed E-state index contributed by atoms with van der Waals surface area (Å²) in [5.41, 5.74) is 0.493. The number of carboxylic acid groups (broad SMARTS) is 1. The minimum absolute atomic E-state index is 0.0102. The van der Waals surface area contributed by atoms with Gasteiger partial charge in [-0.1, -0.05) is 11.6 Å². The summed E-state index contributed by atoms with van der Waals surface area (Å²) in [6.07, 6.45) is 0.985. The Morgan fingerprint density at radius 3 is 2.74 bits per heavy atom. The molecule has 0 unspecified atom stereocenters. The highest BCUT2D eigenvalue weighted by molar-refractivity contribution is 6.33. The molecule has 0 atom stereocenters. The van der Waals surface area contributed by atoms with E-state index in [0.29, 0.717) is 31.7 Å². The van der Waals surface area contributed by atoms with Crippen LogP contribution < -0.4 is 5.32 Å². The normalized spacial score (nSPS) is 10.2. The van der Waals surface area contributed by atoms with E-state index in [-0.39, 0.29) is 16.5 Å². The largest absolute Gasteiger partial charge is 0.478 e. The predicted octanol–water partition coefficient (Wildman–Crippen LogP) is 2.79. The monoisotopic (exact) mass is 285 g/mol. The summed E-state index contributed by atoms with van der Waals surface area (Å²) in [6, 6.07) is 4.29. The number of anilines is 1. The van der Waals surface area contributed by atoms with E-state index in [1.807, 2.05) is 6.92 Å². The molecule has 0 aromatic heterocycles. The van der Waals surface area contributed by atoms with Crippen LogP contribution in [0.5, 0.6) is 0 Å². The minimum atomic E-state index is -1.10. The standard InChI is InChI=1S/C13H16ClNO4/c1-2-19-7-3-4-12(16)15-9-5-6-10(13(17)18)11(14)8-9/h5-6,8H,2-4,7H2,1H3,(H,15,16)(H,17,18). The third-order valence-electron chi connectivity index (χ3n) is 2.38. The van der Waals surface area contributed by atoms with Gasteiger partial charge in [-0.15, -0.1) is 0 Å². The lowest BCUT2D eigenvalue weighted by Gasteiger charge is -2.07. The molecule has 104 valence electrons. The smallest absolute Gasteiger partial charge is 0.337 e. The summed E-state index contributed by atoms with van der Waals surface area (Å²) >= 11 is 5.80. The summed E-state index contributed by atoms with van der Waals surface area (Å²) in [6.45, 7) is 3.07. The number of hydrogen-bond donors (Lipinski definition) is 2. The maximum atomic E-state index is 11.6. The Morgan fingerprint density at radius 1 is 1.42 bits per heavy atom. The molecule has 5 nitrogen and oxygen atoms in total. The van der Waals surface area contributed by atoms with Gasteiger partial charge in [0.2, 0.25) is 5.91 Å². The van der Waals surface area contributed by atoms with Crippen LogP contribution in [0.4, 0.5) is 5.69 Å². The van der Waals surface area contributed by atoms with Crippen molar-refractivity contribution < 1.29 is 19.4 Å². The van der Waals surface area contributed by atoms with Gasteiger partial charge in [-0.25, -0.2) is 4.79 Å². The molecule has 1 amide bonds. The van der Waals surface area contributed by atoms with Crippen molar-refractivity contribution in [1.29, 1.82) is 0 Å². The molecule has 0 aliphatic carbocycles.